The van der Waals surface area contributed by atoms with Crippen LogP contribution in [0.15, 0.2) is 44.9 Å². The summed E-state index contributed by atoms with van der Waals surface area (Å²) in [6.45, 7) is -0.134. The van der Waals surface area contributed by atoms with Crippen molar-refractivity contribution in [1.29, 1.82) is 5.26 Å². The second-order valence-electron chi connectivity index (χ2n) is 5.79. The number of nitrogens with one attached hydrogen (secondary N) is 1. The van der Waals surface area contributed by atoms with E-state index < -0.39 is 11.8 Å². The Balaban J connectivity index is 2.03. The Morgan fingerprint density at radius 3 is 2.53 bits per heavy atom. The van der Waals surface area contributed by atoms with E-state index >= 15 is 0 Å². The van der Waals surface area contributed by atoms with Crippen molar-refractivity contribution in [3.05, 3.63) is 60.5 Å². The van der Waals surface area contributed by atoms with Crippen LogP contribution < -0.4 is 15.0 Å². The molecule has 0 aromatic heterocycles. The number of rotatable bonds is 4. The minimum absolute atomic E-state index is 0.103. The van der Waals surface area contributed by atoms with Crippen LogP contribution in [0.5, 0.6) is 5.75 Å². The smallest absolute Gasteiger partial charge is 0.270 e. The summed E-state index contributed by atoms with van der Waals surface area (Å²) in [7, 11) is 0. The molecule has 30 heavy (non-hydrogen) atoms. The molecule has 2 aromatic rings. The summed E-state index contributed by atoms with van der Waals surface area (Å²) in [6, 6.07) is 9.94. The quantitative estimate of drug-likeness (QED) is 0.299. The predicted octanol–water partition coefficient (Wildman–Crippen LogP) is 5.25. The monoisotopic (exact) mass is 587 g/mol. The molecule has 0 spiro atoms. The van der Waals surface area contributed by atoms with Gasteiger partial charge in [0.25, 0.3) is 11.8 Å². The van der Waals surface area contributed by atoms with Gasteiger partial charge >= 0.3 is 0 Å². The fraction of sp³-hybridized carbons (Fsp3) is 0.0526. The third kappa shape index (κ3) is 4.53. The number of nitriles is 1. The van der Waals surface area contributed by atoms with Crippen LogP contribution in [0.25, 0.3) is 6.08 Å². The fourth-order valence-corrected chi connectivity index (χ4v) is 4.72. The molecule has 1 heterocycles. The highest BCUT2D eigenvalue weighted by Gasteiger charge is 2.35. The van der Waals surface area contributed by atoms with Crippen molar-refractivity contribution in [3.63, 3.8) is 0 Å². The largest absolute Gasteiger partial charge is 0.476 e. The molecule has 2 aromatic carbocycles. The zero-order chi connectivity index (χ0) is 22.0. The second kappa shape index (κ2) is 9.45. The summed E-state index contributed by atoms with van der Waals surface area (Å²) < 4.78 is 6.41. The van der Waals surface area contributed by atoms with Gasteiger partial charge in [0.15, 0.2) is 11.7 Å². The van der Waals surface area contributed by atoms with Crippen LogP contribution in [-0.2, 0) is 9.59 Å². The molecule has 0 bridgehead atoms. The first-order chi connectivity index (χ1) is 14.2. The molecule has 3 rings (SSSR count). The number of halogens is 4. The highest BCUT2D eigenvalue weighted by molar-refractivity contribution is 9.11. The normalized spacial score (nSPS) is 15.2. The zero-order valence-corrected chi connectivity index (χ0v) is 20.2. The van der Waals surface area contributed by atoms with Gasteiger partial charge in [0.2, 0.25) is 0 Å². The number of anilines is 1. The van der Waals surface area contributed by atoms with Gasteiger partial charge in [-0.1, -0.05) is 29.3 Å². The van der Waals surface area contributed by atoms with Gasteiger partial charge in [-0.3, -0.25) is 19.8 Å². The summed E-state index contributed by atoms with van der Waals surface area (Å²) in [6.07, 6.45) is 1.41. The Kier molecular flexibility index (Phi) is 7.16. The van der Waals surface area contributed by atoms with Crippen molar-refractivity contribution >= 4 is 96.0 Å². The van der Waals surface area contributed by atoms with Crippen LogP contribution in [0.2, 0.25) is 10.0 Å². The molecule has 2 amide bonds. The lowest BCUT2D eigenvalue weighted by atomic mass is 10.1. The molecule has 0 unspecified atom stereocenters. The Morgan fingerprint density at radius 1 is 1.23 bits per heavy atom. The van der Waals surface area contributed by atoms with E-state index in [0.717, 1.165) is 4.90 Å². The highest BCUT2D eigenvalue weighted by Crippen LogP contribution is 2.37. The van der Waals surface area contributed by atoms with Gasteiger partial charge in [0.05, 0.1) is 24.7 Å². The van der Waals surface area contributed by atoms with Crippen LogP contribution >= 0.6 is 67.3 Å². The lowest BCUT2D eigenvalue weighted by molar-refractivity contribution is -0.122. The first-order valence-corrected chi connectivity index (χ1v) is 10.8. The van der Waals surface area contributed by atoms with E-state index in [0.29, 0.717) is 20.3 Å². The van der Waals surface area contributed by atoms with E-state index in [1.807, 2.05) is 6.07 Å². The molecule has 1 N–H and O–H groups in total. The maximum Gasteiger partial charge on any atom is 0.270 e. The lowest BCUT2D eigenvalue weighted by Crippen LogP contribution is -2.54. The van der Waals surface area contributed by atoms with Gasteiger partial charge in [0, 0.05) is 0 Å². The molecule has 0 aliphatic carbocycles. The first kappa shape index (κ1) is 22.7. The topological polar surface area (TPSA) is 82.4 Å². The second-order valence-corrected chi connectivity index (χ2v) is 8.67. The van der Waals surface area contributed by atoms with E-state index in [1.165, 1.54) is 6.08 Å². The summed E-state index contributed by atoms with van der Waals surface area (Å²) in [5.74, 6) is -0.868. The number of carbonyl (C=O) groups excluding carboxylic acids is 2. The van der Waals surface area contributed by atoms with Gasteiger partial charge in [-0.15, -0.1) is 0 Å². The summed E-state index contributed by atoms with van der Waals surface area (Å²) >= 11 is 24.2. The maximum absolute atomic E-state index is 13.1. The molecule has 152 valence electrons. The van der Waals surface area contributed by atoms with Gasteiger partial charge in [0.1, 0.15) is 17.4 Å². The summed E-state index contributed by atoms with van der Waals surface area (Å²) in [5, 5.41) is 11.4. The number of hydrogen-bond donors (Lipinski definition) is 1. The highest BCUT2D eigenvalue weighted by atomic mass is 79.9. The summed E-state index contributed by atoms with van der Waals surface area (Å²) in [5.41, 5.74) is 0.637. The number of amides is 2. The van der Waals surface area contributed by atoms with Crippen LogP contribution in [0.1, 0.15) is 5.56 Å². The Hall–Kier alpha value is -1.96. The van der Waals surface area contributed by atoms with Crippen molar-refractivity contribution in [1.82, 2.24) is 5.32 Å². The van der Waals surface area contributed by atoms with E-state index in [-0.39, 0.29) is 33.0 Å². The standard InChI is InChI=1S/C19H9Br2Cl2N3O3S/c20-11-7-9(8-12(21)16(11)29-5-4-24)6-10-17(27)25-19(30)26(18(10)28)14-3-1-2-13(22)15(14)23/h1-3,6-8H,5H2,(H,25,27,30)/b10-6+. The molecule has 1 fully saturated rings. The fourth-order valence-electron chi connectivity index (χ4n) is 2.61. The van der Waals surface area contributed by atoms with E-state index in [2.05, 4.69) is 37.2 Å². The maximum atomic E-state index is 13.1. The van der Waals surface area contributed by atoms with Gasteiger partial charge in [-0.05, 0) is 80.0 Å². The Labute approximate surface area is 203 Å². The molecule has 0 saturated carbocycles. The van der Waals surface area contributed by atoms with Crippen molar-refractivity contribution in [2.45, 2.75) is 0 Å². The number of nitrogens with zero attached hydrogens (tertiary/aromatic N) is 2. The van der Waals surface area contributed by atoms with Gasteiger partial charge in [-0.25, -0.2) is 0 Å². The first-order valence-electron chi connectivity index (χ1n) is 8.09. The van der Waals surface area contributed by atoms with Crippen LogP contribution in [-0.4, -0.2) is 23.5 Å². The molecule has 1 saturated heterocycles. The number of benzene rings is 2. The number of carbonyl (C=O) groups is 2. The lowest BCUT2D eigenvalue weighted by Gasteiger charge is -2.29. The predicted molar refractivity (Wildman–Crippen MR) is 126 cm³/mol. The van der Waals surface area contributed by atoms with Gasteiger partial charge < -0.3 is 4.74 Å². The SMILES string of the molecule is N#CCOc1c(Br)cc(/C=C2\C(=O)NC(=S)N(c3cccc(Cl)c3Cl)C2=O)cc1Br. The van der Waals surface area contributed by atoms with Crippen LogP contribution in [0.4, 0.5) is 5.69 Å². The van der Waals surface area contributed by atoms with Crippen molar-refractivity contribution in [2.75, 3.05) is 11.5 Å². The molecular formula is C19H9Br2Cl2N3O3S. The van der Waals surface area contributed by atoms with Crippen molar-refractivity contribution in [3.8, 4) is 11.8 Å². The number of ether oxygens (including phenoxy) is 1. The number of thiocarbonyl (C=S) groups is 1. The van der Waals surface area contributed by atoms with Crippen LogP contribution in [0, 0.1) is 11.3 Å². The Bertz CT molecular complexity index is 1140. The average Bonchev–Trinajstić information content (AvgIpc) is 2.67. The molecule has 0 atom stereocenters. The van der Waals surface area contributed by atoms with E-state index in [9.17, 15) is 9.59 Å². The minimum atomic E-state index is -0.648. The Morgan fingerprint density at radius 2 is 1.90 bits per heavy atom. The molecular weight excluding hydrogens is 581 g/mol. The summed E-state index contributed by atoms with van der Waals surface area (Å²) in [4.78, 5) is 26.7. The van der Waals surface area contributed by atoms with E-state index in [4.69, 9.17) is 45.4 Å². The molecule has 1 aliphatic heterocycles. The van der Waals surface area contributed by atoms with Crippen molar-refractivity contribution in [2.24, 2.45) is 0 Å². The van der Waals surface area contributed by atoms with E-state index in [1.54, 1.807) is 30.3 Å². The third-order valence-corrected chi connectivity index (χ3v) is 6.16. The molecule has 11 heteroatoms. The van der Waals surface area contributed by atoms with Crippen molar-refractivity contribution < 1.29 is 14.3 Å². The average molecular weight is 590 g/mol. The van der Waals surface area contributed by atoms with Gasteiger partial charge in [-0.2, -0.15) is 5.26 Å². The minimum Gasteiger partial charge on any atom is -0.476 e. The molecule has 6 nitrogen and oxygen atoms in total. The number of hydrogen-bond acceptors (Lipinski definition) is 5. The zero-order valence-electron chi connectivity index (χ0n) is 14.7. The molecule has 1 aliphatic rings. The third-order valence-electron chi connectivity index (χ3n) is 3.89. The molecule has 0 radical (unpaired) electrons. The van der Waals surface area contributed by atoms with Crippen LogP contribution in [0.3, 0.4) is 0 Å².